The average Bonchev–Trinajstić information content (AvgIpc) is 2.67. The van der Waals surface area contributed by atoms with Crippen LogP contribution in [0.2, 0.25) is 0 Å². The van der Waals surface area contributed by atoms with Crippen molar-refractivity contribution in [1.29, 1.82) is 0 Å². The molecule has 0 aliphatic rings. The Labute approximate surface area is 161 Å². The quantitative estimate of drug-likeness (QED) is 0.230. The molecular formula is C24H40O2. The standard InChI is InChI=1S/C24H40O2/c1-4-5-6-7-8-9-10-12-15-21(2)18-19-23(26-3)20-24(25)22-16-13-11-14-17-22/h11,13-14,16-17,21,23H,4-10,12,15,18-20H2,1-3H3. The fourth-order valence-corrected chi connectivity index (χ4v) is 3.49. The Morgan fingerprint density at radius 3 is 2.12 bits per heavy atom. The SMILES string of the molecule is CCCCCCCCCCC(C)CCC(CC(=O)c1ccccc1)OC. The molecule has 0 fully saturated rings. The Morgan fingerprint density at radius 1 is 0.885 bits per heavy atom. The first-order valence-corrected chi connectivity index (χ1v) is 10.8. The van der Waals surface area contributed by atoms with Crippen LogP contribution in [-0.2, 0) is 4.74 Å². The molecule has 0 aliphatic carbocycles. The minimum absolute atomic E-state index is 0.0451. The van der Waals surface area contributed by atoms with E-state index in [4.69, 9.17) is 4.74 Å². The minimum Gasteiger partial charge on any atom is -0.381 e. The molecule has 0 N–H and O–H groups in total. The maximum absolute atomic E-state index is 12.3. The summed E-state index contributed by atoms with van der Waals surface area (Å²) in [6, 6.07) is 9.55. The van der Waals surface area contributed by atoms with Crippen molar-refractivity contribution in [2.75, 3.05) is 7.11 Å². The van der Waals surface area contributed by atoms with E-state index in [1.807, 2.05) is 30.3 Å². The number of Topliss-reactive ketones (excluding diaryl/α,β-unsaturated/α-hetero) is 1. The molecule has 0 amide bonds. The lowest BCUT2D eigenvalue weighted by Gasteiger charge is -2.17. The van der Waals surface area contributed by atoms with Gasteiger partial charge in [0.05, 0.1) is 6.10 Å². The predicted octanol–water partition coefficient (Wildman–Crippen LogP) is 7.22. The summed E-state index contributed by atoms with van der Waals surface area (Å²) in [6.07, 6.45) is 15.0. The van der Waals surface area contributed by atoms with Crippen LogP contribution in [-0.4, -0.2) is 19.0 Å². The Balaban J connectivity index is 2.11. The van der Waals surface area contributed by atoms with E-state index in [9.17, 15) is 4.79 Å². The third-order valence-electron chi connectivity index (χ3n) is 5.37. The number of methoxy groups -OCH3 is 1. The fraction of sp³-hybridized carbons (Fsp3) is 0.708. The zero-order valence-corrected chi connectivity index (χ0v) is 17.3. The minimum atomic E-state index is 0.0451. The molecule has 0 aliphatic heterocycles. The predicted molar refractivity (Wildman–Crippen MR) is 112 cm³/mol. The Morgan fingerprint density at radius 2 is 1.50 bits per heavy atom. The maximum Gasteiger partial charge on any atom is 0.165 e. The smallest absolute Gasteiger partial charge is 0.165 e. The van der Waals surface area contributed by atoms with E-state index < -0.39 is 0 Å². The molecule has 2 atom stereocenters. The van der Waals surface area contributed by atoms with E-state index >= 15 is 0 Å². The molecule has 0 spiro atoms. The summed E-state index contributed by atoms with van der Waals surface area (Å²) >= 11 is 0. The zero-order valence-electron chi connectivity index (χ0n) is 17.3. The number of unbranched alkanes of at least 4 members (excludes halogenated alkanes) is 7. The molecule has 0 aromatic heterocycles. The van der Waals surface area contributed by atoms with Crippen molar-refractivity contribution in [2.45, 2.75) is 97.0 Å². The molecule has 2 heteroatoms. The number of ketones is 1. The van der Waals surface area contributed by atoms with Crippen LogP contribution in [0.3, 0.4) is 0 Å². The maximum atomic E-state index is 12.3. The van der Waals surface area contributed by atoms with Gasteiger partial charge in [0.2, 0.25) is 0 Å². The number of rotatable bonds is 16. The highest BCUT2D eigenvalue weighted by Gasteiger charge is 2.15. The summed E-state index contributed by atoms with van der Waals surface area (Å²) < 4.78 is 5.56. The summed E-state index contributed by atoms with van der Waals surface area (Å²) in [4.78, 5) is 12.3. The van der Waals surface area contributed by atoms with E-state index in [1.54, 1.807) is 7.11 Å². The van der Waals surface area contributed by atoms with Gasteiger partial charge in [-0.25, -0.2) is 0 Å². The van der Waals surface area contributed by atoms with Gasteiger partial charge in [-0.1, -0.05) is 102 Å². The second-order valence-corrected chi connectivity index (χ2v) is 7.80. The largest absolute Gasteiger partial charge is 0.381 e. The highest BCUT2D eigenvalue weighted by Crippen LogP contribution is 2.20. The van der Waals surface area contributed by atoms with Crippen LogP contribution >= 0.6 is 0 Å². The van der Waals surface area contributed by atoms with Gasteiger partial charge in [0.15, 0.2) is 5.78 Å². The summed E-state index contributed by atoms with van der Waals surface area (Å²) in [6.45, 7) is 4.61. The molecule has 0 radical (unpaired) electrons. The molecule has 1 aromatic rings. The highest BCUT2D eigenvalue weighted by molar-refractivity contribution is 5.96. The van der Waals surface area contributed by atoms with E-state index in [1.165, 1.54) is 57.8 Å². The van der Waals surface area contributed by atoms with Gasteiger partial charge in [-0.05, 0) is 18.8 Å². The summed E-state index contributed by atoms with van der Waals surface area (Å²) in [7, 11) is 1.73. The van der Waals surface area contributed by atoms with Gasteiger partial charge >= 0.3 is 0 Å². The van der Waals surface area contributed by atoms with Crippen LogP contribution in [0.5, 0.6) is 0 Å². The van der Waals surface area contributed by atoms with Crippen molar-refractivity contribution in [3.05, 3.63) is 35.9 Å². The number of benzene rings is 1. The first-order valence-electron chi connectivity index (χ1n) is 10.8. The lowest BCUT2D eigenvalue weighted by molar-refractivity contribution is 0.0669. The lowest BCUT2D eigenvalue weighted by atomic mass is 9.94. The van der Waals surface area contributed by atoms with Crippen LogP contribution < -0.4 is 0 Å². The van der Waals surface area contributed by atoms with Crippen molar-refractivity contribution in [3.8, 4) is 0 Å². The molecule has 148 valence electrons. The Hall–Kier alpha value is -1.15. The Bertz CT molecular complexity index is 455. The molecule has 2 nitrogen and oxygen atoms in total. The number of carbonyl (C=O) groups is 1. The van der Waals surface area contributed by atoms with Crippen molar-refractivity contribution in [3.63, 3.8) is 0 Å². The van der Waals surface area contributed by atoms with Crippen LogP contribution in [0.25, 0.3) is 0 Å². The lowest BCUT2D eigenvalue weighted by Crippen LogP contribution is -2.17. The topological polar surface area (TPSA) is 26.3 Å². The van der Waals surface area contributed by atoms with Crippen molar-refractivity contribution in [1.82, 2.24) is 0 Å². The van der Waals surface area contributed by atoms with Gasteiger partial charge in [0.25, 0.3) is 0 Å². The molecule has 0 saturated heterocycles. The number of ether oxygens (including phenoxy) is 1. The summed E-state index contributed by atoms with van der Waals surface area (Å²) in [5, 5.41) is 0. The number of carbonyl (C=O) groups excluding carboxylic acids is 1. The van der Waals surface area contributed by atoms with Gasteiger partial charge in [-0.3, -0.25) is 4.79 Å². The van der Waals surface area contributed by atoms with E-state index in [2.05, 4.69) is 13.8 Å². The van der Waals surface area contributed by atoms with E-state index in [0.717, 1.165) is 24.3 Å². The van der Waals surface area contributed by atoms with Crippen LogP contribution in [0.15, 0.2) is 30.3 Å². The third-order valence-corrected chi connectivity index (χ3v) is 5.37. The normalized spacial score (nSPS) is 13.5. The summed E-state index contributed by atoms with van der Waals surface area (Å²) in [5.41, 5.74) is 0.793. The van der Waals surface area contributed by atoms with Crippen molar-refractivity contribution >= 4 is 5.78 Å². The van der Waals surface area contributed by atoms with Crippen LogP contribution in [0.4, 0.5) is 0 Å². The molecule has 0 heterocycles. The first kappa shape index (κ1) is 22.9. The molecule has 1 rings (SSSR count). The molecule has 0 bridgehead atoms. The van der Waals surface area contributed by atoms with Crippen LogP contribution in [0.1, 0.15) is 101 Å². The van der Waals surface area contributed by atoms with E-state index in [-0.39, 0.29) is 11.9 Å². The highest BCUT2D eigenvalue weighted by atomic mass is 16.5. The fourth-order valence-electron chi connectivity index (χ4n) is 3.49. The van der Waals surface area contributed by atoms with Crippen LogP contribution in [0, 0.1) is 5.92 Å². The van der Waals surface area contributed by atoms with E-state index in [0.29, 0.717) is 6.42 Å². The van der Waals surface area contributed by atoms with Crippen molar-refractivity contribution in [2.24, 2.45) is 5.92 Å². The molecule has 26 heavy (non-hydrogen) atoms. The summed E-state index contributed by atoms with van der Waals surface area (Å²) in [5.74, 6) is 0.910. The second kappa shape index (κ2) is 15.0. The van der Waals surface area contributed by atoms with Gasteiger partial charge < -0.3 is 4.74 Å². The molecule has 1 aromatic carbocycles. The van der Waals surface area contributed by atoms with Gasteiger partial charge in [0.1, 0.15) is 0 Å². The number of hydrogen-bond donors (Lipinski definition) is 0. The second-order valence-electron chi connectivity index (χ2n) is 7.80. The average molecular weight is 361 g/mol. The monoisotopic (exact) mass is 360 g/mol. The third kappa shape index (κ3) is 10.8. The molecule has 2 unspecified atom stereocenters. The Kier molecular flexibility index (Phi) is 13.2. The zero-order chi connectivity index (χ0) is 19.0. The van der Waals surface area contributed by atoms with Gasteiger partial charge in [0, 0.05) is 19.1 Å². The van der Waals surface area contributed by atoms with Gasteiger partial charge in [-0.2, -0.15) is 0 Å². The van der Waals surface area contributed by atoms with Gasteiger partial charge in [-0.15, -0.1) is 0 Å². The number of hydrogen-bond acceptors (Lipinski definition) is 2. The molecular weight excluding hydrogens is 320 g/mol. The first-order chi connectivity index (χ1) is 12.7. The van der Waals surface area contributed by atoms with Crippen molar-refractivity contribution < 1.29 is 9.53 Å². The molecule has 0 saturated carbocycles.